The summed E-state index contributed by atoms with van der Waals surface area (Å²) < 4.78 is 0. The maximum atomic E-state index is 6.57. The summed E-state index contributed by atoms with van der Waals surface area (Å²) in [6, 6.07) is 0. The Labute approximate surface area is 109 Å². The molecular weight excluding hydrogens is 235 g/mol. The minimum absolute atomic E-state index is 0.470. The van der Waals surface area contributed by atoms with E-state index in [0.717, 1.165) is 0 Å². The minimum atomic E-state index is -1.17. The number of unbranched alkanes of at least 4 members (excludes halogenated alkanes) is 3. The molecule has 0 N–H and O–H groups in total. The van der Waals surface area contributed by atoms with Crippen LogP contribution < -0.4 is 0 Å². The Kier molecular flexibility index (Phi) is 10.2. The van der Waals surface area contributed by atoms with Gasteiger partial charge in [-0.15, -0.1) is 0 Å². The molecule has 0 saturated heterocycles. The van der Waals surface area contributed by atoms with E-state index < -0.39 is 7.26 Å². The molecule has 0 radical (unpaired) electrons. The average Bonchev–Trinajstić information content (AvgIpc) is 2.28. The molecule has 0 aromatic rings. The molecule has 0 unspecified atom stereocenters. The Balaban J connectivity index is 4.46. The average molecular weight is 267 g/mol. The first-order valence-electron chi connectivity index (χ1n) is 7.27. The second kappa shape index (κ2) is 9.72. The zero-order valence-electron chi connectivity index (χ0n) is 11.8. The van der Waals surface area contributed by atoms with Crippen LogP contribution in [0.1, 0.15) is 66.2 Å². The summed E-state index contributed by atoms with van der Waals surface area (Å²) in [7, 11) is -1.17. The third kappa shape index (κ3) is 5.87. The summed E-state index contributed by atoms with van der Waals surface area (Å²) in [6.45, 7) is 9.18. The second-order valence-electron chi connectivity index (χ2n) is 5.29. The van der Waals surface area contributed by atoms with Crippen LogP contribution >= 0.6 is 18.9 Å². The van der Waals surface area contributed by atoms with Gasteiger partial charge < -0.3 is 0 Å². The molecule has 0 aliphatic heterocycles. The Morgan fingerprint density at radius 1 is 0.812 bits per heavy atom. The van der Waals surface area contributed by atoms with Crippen LogP contribution in [-0.2, 0) is 0 Å². The predicted molar refractivity (Wildman–Crippen MR) is 83.0 cm³/mol. The van der Waals surface area contributed by atoms with Crippen LogP contribution in [0.2, 0.25) is 0 Å². The van der Waals surface area contributed by atoms with Crippen molar-refractivity contribution in [1.82, 2.24) is 0 Å². The van der Waals surface area contributed by atoms with Crippen molar-refractivity contribution in [2.75, 3.05) is 18.5 Å². The third-order valence-electron chi connectivity index (χ3n) is 3.93. The van der Waals surface area contributed by atoms with Gasteiger partial charge >= 0.3 is 109 Å². The molecule has 0 aliphatic rings. The monoisotopic (exact) mass is 266 g/mol. The van der Waals surface area contributed by atoms with Crippen LogP contribution in [0.25, 0.3) is 0 Å². The van der Waals surface area contributed by atoms with E-state index in [1.165, 1.54) is 57.0 Å². The second-order valence-corrected chi connectivity index (χ2v) is 11.4. The van der Waals surface area contributed by atoms with Gasteiger partial charge in [0.05, 0.1) is 0 Å². The van der Waals surface area contributed by atoms with Crippen molar-refractivity contribution in [2.24, 2.45) is 0 Å². The Morgan fingerprint density at radius 3 is 1.31 bits per heavy atom. The fourth-order valence-electron chi connectivity index (χ4n) is 2.56. The van der Waals surface area contributed by atoms with Crippen molar-refractivity contribution in [1.29, 1.82) is 0 Å². The van der Waals surface area contributed by atoms with E-state index in [9.17, 15) is 0 Å². The topological polar surface area (TPSA) is 0 Å². The maximum absolute atomic E-state index is 6.57. The molecule has 0 fully saturated rings. The van der Waals surface area contributed by atoms with E-state index in [1.807, 2.05) is 0 Å². The first-order valence-corrected chi connectivity index (χ1v) is 10.4. The third-order valence-corrected chi connectivity index (χ3v) is 11.1. The van der Waals surface area contributed by atoms with Gasteiger partial charge in [0, 0.05) is 0 Å². The Bertz CT molecular complexity index is 135. The molecule has 0 heterocycles. The van der Waals surface area contributed by atoms with Gasteiger partial charge in [0.25, 0.3) is 0 Å². The van der Waals surface area contributed by atoms with E-state index in [1.54, 1.807) is 0 Å². The molecule has 0 saturated carbocycles. The molecule has 0 aromatic carbocycles. The molecule has 0 amide bonds. The number of rotatable bonds is 10. The molecular formula is C14H32ClP. The Morgan fingerprint density at radius 2 is 1.12 bits per heavy atom. The summed E-state index contributed by atoms with van der Waals surface area (Å²) in [5.41, 5.74) is 0. The summed E-state index contributed by atoms with van der Waals surface area (Å²) >= 11 is 6.57. The van der Waals surface area contributed by atoms with Crippen LogP contribution in [0.4, 0.5) is 0 Å². The zero-order chi connectivity index (χ0) is 12.4. The van der Waals surface area contributed by atoms with Crippen molar-refractivity contribution >= 4 is 18.9 Å². The molecule has 0 nitrogen and oxygen atoms in total. The van der Waals surface area contributed by atoms with Crippen LogP contribution in [0.3, 0.4) is 0 Å². The molecule has 0 aromatic heterocycles. The van der Waals surface area contributed by atoms with Crippen LogP contribution in [0, 0.1) is 0 Å². The fourth-order valence-corrected chi connectivity index (χ4v) is 8.66. The first kappa shape index (κ1) is 16.7. The van der Waals surface area contributed by atoms with Gasteiger partial charge in [-0.05, 0) is 0 Å². The van der Waals surface area contributed by atoms with Crippen molar-refractivity contribution in [2.45, 2.75) is 71.3 Å². The van der Waals surface area contributed by atoms with Gasteiger partial charge in [0.1, 0.15) is 0 Å². The fraction of sp³-hybridized carbons (Fsp3) is 1.00. The molecule has 100 valence electrons. The van der Waals surface area contributed by atoms with E-state index in [4.69, 9.17) is 11.6 Å². The van der Waals surface area contributed by atoms with Gasteiger partial charge in [0.2, 0.25) is 0 Å². The quantitative estimate of drug-likeness (QED) is 0.350. The van der Waals surface area contributed by atoms with E-state index in [-0.39, 0.29) is 0 Å². The molecule has 0 bridgehead atoms. The number of hydrogen-bond acceptors (Lipinski definition) is 0. The van der Waals surface area contributed by atoms with Crippen LogP contribution in [-0.4, -0.2) is 23.6 Å². The Hall–Kier alpha value is 0.720. The van der Waals surface area contributed by atoms with Crippen molar-refractivity contribution in [3.8, 4) is 0 Å². The van der Waals surface area contributed by atoms with Gasteiger partial charge in [-0.25, -0.2) is 0 Å². The summed E-state index contributed by atoms with van der Waals surface area (Å²) in [6.07, 6.45) is 12.6. The number of hydrogen-bond donors (Lipinski definition) is 0. The van der Waals surface area contributed by atoms with Crippen LogP contribution in [0.5, 0.6) is 0 Å². The van der Waals surface area contributed by atoms with Gasteiger partial charge in [0.15, 0.2) is 0 Å². The predicted octanol–water partition coefficient (Wildman–Crippen LogP) is 5.72. The van der Waals surface area contributed by atoms with Gasteiger partial charge in [-0.2, -0.15) is 0 Å². The summed E-state index contributed by atoms with van der Waals surface area (Å²) in [4.78, 5) is 0. The van der Waals surface area contributed by atoms with Crippen molar-refractivity contribution in [3.05, 3.63) is 0 Å². The molecule has 16 heavy (non-hydrogen) atoms. The number of alkyl halides is 1. The van der Waals surface area contributed by atoms with Gasteiger partial charge in [-0.3, -0.25) is 0 Å². The first-order chi connectivity index (χ1) is 7.63. The van der Waals surface area contributed by atoms with Gasteiger partial charge in [-0.1, -0.05) is 0 Å². The van der Waals surface area contributed by atoms with E-state index >= 15 is 0 Å². The molecule has 0 aliphatic carbocycles. The van der Waals surface area contributed by atoms with E-state index in [0.29, 0.717) is 5.12 Å². The van der Waals surface area contributed by atoms with Crippen molar-refractivity contribution < 1.29 is 0 Å². The molecule has 0 rings (SSSR count). The molecule has 2 heteroatoms. The number of halogens is 1. The SMILES string of the molecule is CCCC[PH](CCCC)(CCCC)[C@@H](C)Cl. The standard InChI is InChI=1S/C14H32ClP/c1-5-8-11-16(14(4)15,12-9-6-2)13-10-7-3/h14,16H,5-13H2,1-4H3/t14-/m0/s1. The summed E-state index contributed by atoms with van der Waals surface area (Å²) in [5.74, 6) is 0. The van der Waals surface area contributed by atoms with Crippen molar-refractivity contribution in [3.63, 3.8) is 0 Å². The van der Waals surface area contributed by atoms with E-state index in [2.05, 4.69) is 27.7 Å². The van der Waals surface area contributed by atoms with Crippen LogP contribution in [0.15, 0.2) is 0 Å². The molecule has 0 spiro atoms. The zero-order valence-corrected chi connectivity index (χ0v) is 13.6. The normalized spacial score (nSPS) is 15.1. The summed E-state index contributed by atoms with van der Waals surface area (Å²) in [5, 5.41) is 0.470. The molecule has 1 atom stereocenters.